The minimum absolute atomic E-state index is 0.0615. The molecular weight excluding hydrogens is 325 g/mol. The molecule has 0 unspecified atom stereocenters. The van der Waals surface area contributed by atoms with Crippen LogP contribution in [0.25, 0.3) is 5.95 Å². The van der Waals surface area contributed by atoms with Gasteiger partial charge in [-0.2, -0.15) is 18.3 Å². The standard InChI is InChI=1S/C14H15F3N6O/c1-22-7-10(11(8-22)14(15,16)17)12(24)21-9-5-20-23(6-9)13-18-3-2-4-19-13/h2-6,10-11H,7-8H2,1H3,(H,21,24)/t10-,11-/m1/s1. The van der Waals surface area contributed by atoms with E-state index in [1.165, 1.54) is 34.4 Å². The van der Waals surface area contributed by atoms with E-state index >= 15 is 0 Å². The quantitative estimate of drug-likeness (QED) is 0.913. The van der Waals surface area contributed by atoms with Gasteiger partial charge in [0.15, 0.2) is 0 Å². The van der Waals surface area contributed by atoms with Crippen LogP contribution in [0.15, 0.2) is 30.9 Å². The first-order chi connectivity index (χ1) is 11.3. The largest absolute Gasteiger partial charge is 0.393 e. The summed E-state index contributed by atoms with van der Waals surface area (Å²) < 4.78 is 40.5. The van der Waals surface area contributed by atoms with Crippen LogP contribution in [0.1, 0.15) is 0 Å². The molecule has 1 fully saturated rings. The van der Waals surface area contributed by atoms with Crippen LogP contribution in [0, 0.1) is 11.8 Å². The van der Waals surface area contributed by atoms with Crippen molar-refractivity contribution in [1.82, 2.24) is 24.6 Å². The van der Waals surface area contributed by atoms with Crippen LogP contribution < -0.4 is 5.32 Å². The van der Waals surface area contributed by atoms with Crippen LogP contribution in [0.2, 0.25) is 0 Å². The first-order valence-corrected chi connectivity index (χ1v) is 7.23. The van der Waals surface area contributed by atoms with Gasteiger partial charge in [-0.1, -0.05) is 0 Å². The van der Waals surface area contributed by atoms with Gasteiger partial charge in [-0.15, -0.1) is 0 Å². The third-order valence-electron chi connectivity index (χ3n) is 3.87. The Balaban J connectivity index is 1.72. The molecule has 1 saturated heterocycles. The van der Waals surface area contributed by atoms with Gasteiger partial charge in [-0.05, 0) is 13.1 Å². The van der Waals surface area contributed by atoms with Gasteiger partial charge in [0.2, 0.25) is 11.9 Å². The monoisotopic (exact) mass is 340 g/mol. The predicted molar refractivity (Wildman–Crippen MR) is 78.3 cm³/mol. The second-order valence-electron chi connectivity index (χ2n) is 5.69. The zero-order valence-corrected chi connectivity index (χ0v) is 12.7. The summed E-state index contributed by atoms with van der Waals surface area (Å²) in [6.07, 6.45) is 1.45. The molecule has 128 valence electrons. The highest BCUT2D eigenvalue weighted by molar-refractivity contribution is 5.93. The molecule has 24 heavy (non-hydrogen) atoms. The van der Waals surface area contributed by atoms with Gasteiger partial charge in [-0.3, -0.25) is 4.79 Å². The lowest BCUT2D eigenvalue weighted by molar-refractivity contribution is -0.182. The van der Waals surface area contributed by atoms with Gasteiger partial charge in [-0.25, -0.2) is 14.6 Å². The summed E-state index contributed by atoms with van der Waals surface area (Å²) in [5, 5.41) is 6.49. The highest BCUT2D eigenvalue weighted by Crippen LogP contribution is 2.37. The molecule has 10 heteroatoms. The van der Waals surface area contributed by atoms with E-state index in [-0.39, 0.29) is 13.1 Å². The summed E-state index contributed by atoms with van der Waals surface area (Å²) in [6, 6.07) is 1.64. The molecule has 1 N–H and O–H groups in total. The summed E-state index contributed by atoms with van der Waals surface area (Å²) in [4.78, 5) is 21.7. The lowest BCUT2D eigenvalue weighted by Crippen LogP contribution is -2.36. The number of carbonyl (C=O) groups excluding carboxylic acids is 1. The number of nitrogens with one attached hydrogen (secondary N) is 1. The van der Waals surface area contributed by atoms with Crippen LogP contribution >= 0.6 is 0 Å². The topological polar surface area (TPSA) is 75.9 Å². The van der Waals surface area contributed by atoms with E-state index in [9.17, 15) is 18.0 Å². The van der Waals surface area contributed by atoms with E-state index in [4.69, 9.17) is 0 Å². The molecule has 0 aromatic carbocycles. The summed E-state index contributed by atoms with van der Waals surface area (Å²) in [7, 11) is 1.57. The van der Waals surface area contributed by atoms with Gasteiger partial charge >= 0.3 is 6.18 Å². The number of alkyl halides is 3. The molecule has 1 aliphatic heterocycles. The van der Waals surface area contributed by atoms with Crippen LogP contribution in [0.5, 0.6) is 0 Å². The van der Waals surface area contributed by atoms with Gasteiger partial charge in [0.25, 0.3) is 0 Å². The second kappa shape index (κ2) is 6.19. The Hall–Kier alpha value is -2.49. The third kappa shape index (κ3) is 3.37. The summed E-state index contributed by atoms with van der Waals surface area (Å²) in [5.74, 6) is -3.19. The molecule has 0 spiro atoms. The molecule has 2 atom stereocenters. The van der Waals surface area contributed by atoms with E-state index in [2.05, 4.69) is 20.4 Å². The maximum Gasteiger partial charge on any atom is 0.393 e. The molecule has 0 saturated carbocycles. The minimum Gasteiger partial charge on any atom is -0.323 e. The van der Waals surface area contributed by atoms with Crippen molar-refractivity contribution in [2.75, 3.05) is 25.5 Å². The van der Waals surface area contributed by atoms with Crippen LogP contribution in [-0.4, -0.2) is 56.9 Å². The summed E-state index contributed by atoms with van der Waals surface area (Å²) >= 11 is 0. The van der Waals surface area contributed by atoms with Crippen molar-refractivity contribution in [2.45, 2.75) is 6.18 Å². The number of hydrogen-bond acceptors (Lipinski definition) is 5. The van der Waals surface area contributed by atoms with Crippen molar-refractivity contribution >= 4 is 11.6 Å². The summed E-state index contributed by atoms with van der Waals surface area (Å²) in [6.45, 7) is -0.120. The number of aromatic nitrogens is 4. The number of hydrogen-bond donors (Lipinski definition) is 1. The Morgan fingerprint density at radius 3 is 2.67 bits per heavy atom. The Morgan fingerprint density at radius 2 is 2.00 bits per heavy atom. The Bertz CT molecular complexity index is 717. The number of halogens is 3. The first-order valence-electron chi connectivity index (χ1n) is 7.23. The summed E-state index contributed by atoms with van der Waals surface area (Å²) in [5.41, 5.74) is 0.294. The average molecular weight is 340 g/mol. The molecule has 3 heterocycles. The number of likely N-dealkylation sites (tertiary alicyclic amines) is 1. The van der Waals surface area contributed by atoms with Crippen LogP contribution in [-0.2, 0) is 4.79 Å². The lowest BCUT2D eigenvalue weighted by Gasteiger charge is -2.20. The highest BCUT2D eigenvalue weighted by Gasteiger charge is 2.51. The number of carbonyl (C=O) groups is 1. The van der Waals surface area contributed by atoms with E-state index in [0.717, 1.165) is 0 Å². The van der Waals surface area contributed by atoms with Gasteiger partial charge in [0, 0.05) is 25.5 Å². The zero-order valence-electron chi connectivity index (χ0n) is 12.7. The van der Waals surface area contributed by atoms with Crippen molar-refractivity contribution in [3.8, 4) is 5.95 Å². The van der Waals surface area contributed by atoms with E-state index in [0.29, 0.717) is 11.6 Å². The highest BCUT2D eigenvalue weighted by atomic mass is 19.4. The van der Waals surface area contributed by atoms with E-state index in [1.807, 2.05) is 0 Å². The fraction of sp³-hybridized carbons (Fsp3) is 0.429. The maximum absolute atomic E-state index is 13.1. The lowest BCUT2D eigenvalue weighted by atomic mass is 9.94. The number of rotatable bonds is 3. The first kappa shape index (κ1) is 16.4. The smallest absolute Gasteiger partial charge is 0.323 e. The third-order valence-corrected chi connectivity index (χ3v) is 3.87. The van der Waals surface area contributed by atoms with Gasteiger partial charge in [0.1, 0.15) is 0 Å². The second-order valence-corrected chi connectivity index (χ2v) is 5.69. The van der Waals surface area contributed by atoms with E-state index in [1.54, 1.807) is 13.1 Å². The molecule has 0 radical (unpaired) electrons. The van der Waals surface area contributed by atoms with Crippen molar-refractivity contribution < 1.29 is 18.0 Å². The molecule has 2 aromatic rings. The Kier molecular flexibility index (Phi) is 4.22. The Labute approximate surface area is 135 Å². The van der Waals surface area contributed by atoms with Crippen LogP contribution in [0.4, 0.5) is 18.9 Å². The molecular formula is C14H15F3N6O. The van der Waals surface area contributed by atoms with Crippen molar-refractivity contribution in [2.24, 2.45) is 11.8 Å². The van der Waals surface area contributed by atoms with Crippen molar-refractivity contribution in [3.63, 3.8) is 0 Å². The average Bonchev–Trinajstić information content (AvgIpc) is 3.14. The molecule has 1 amide bonds. The SMILES string of the molecule is CN1C[C@@H](C(F)(F)F)[C@H](C(=O)Nc2cnn(-c3ncccn3)c2)C1. The molecule has 1 aliphatic rings. The number of amides is 1. The predicted octanol–water partition coefficient (Wildman–Crippen LogP) is 1.34. The molecule has 0 aliphatic carbocycles. The Morgan fingerprint density at radius 1 is 1.29 bits per heavy atom. The molecule has 2 aromatic heterocycles. The van der Waals surface area contributed by atoms with Crippen molar-refractivity contribution in [3.05, 3.63) is 30.9 Å². The van der Waals surface area contributed by atoms with Gasteiger partial charge in [0.05, 0.1) is 29.9 Å². The number of anilines is 1. The maximum atomic E-state index is 13.1. The van der Waals surface area contributed by atoms with Crippen LogP contribution in [0.3, 0.4) is 0 Å². The number of nitrogens with zero attached hydrogens (tertiary/aromatic N) is 5. The van der Waals surface area contributed by atoms with Gasteiger partial charge < -0.3 is 10.2 Å². The molecule has 3 rings (SSSR count). The fourth-order valence-corrected chi connectivity index (χ4v) is 2.74. The van der Waals surface area contributed by atoms with Crippen molar-refractivity contribution in [1.29, 1.82) is 0 Å². The van der Waals surface area contributed by atoms with E-state index < -0.39 is 23.9 Å². The normalized spacial score (nSPS) is 21.8. The fourth-order valence-electron chi connectivity index (χ4n) is 2.74. The zero-order chi connectivity index (χ0) is 17.3. The molecule has 0 bridgehead atoms. The molecule has 7 nitrogen and oxygen atoms in total. The minimum atomic E-state index is -4.41.